The quantitative estimate of drug-likeness (QED) is 0.168. The largest absolute Gasteiger partial charge is 0.472 e. The summed E-state index contributed by atoms with van der Waals surface area (Å²) in [6.45, 7) is 7.44. The number of furan rings is 1. The zero-order valence-corrected chi connectivity index (χ0v) is 21.9. The second-order valence-electron chi connectivity index (χ2n) is 8.82. The number of nitrogens with zero attached hydrogens (tertiary/aromatic N) is 2. The lowest BCUT2D eigenvalue weighted by Crippen LogP contribution is -2.19. The summed E-state index contributed by atoms with van der Waals surface area (Å²) in [4.78, 5) is 8.80. The predicted molar refractivity (Wildman–Crippen MR) is 147 cm³/mol. The molecule has 37 heavy (non-hydrogen) atoms. The van der Waals surface area contributed by atoms with E-state index in [2.05, 4.69) is 24.0 Å². The molecule has 0 radical (unpaired) electrons. The average molecular weight is 546 g/mol. The standard InChI is InChI=1S/C28H27ClF3N3OS/c1-18-14-23(27(37-18)35-26(33-2)22-11-13-36-17-22)16-34-12-3-4-19-5-7-20(8-6-19)21-9-10-24(25(29)15-21)28(30,31)32/h5-11,13,15,17-18,34H,2-4,12,14,16H2,1H3/b35-26-. The Bertz CT molecular complexity index is 1290. The number of benzene rings is 2. The number of rotatable bonds is 9. The van der Waals surface area contributed by atoms with E-state index in [4.69, 9.17) is 21.0 Å². The Morgan fingerprint density at radius 1 is 1.16 bits per heavy atom. The fourth-order valence-electron chi connectivity index (χ4n) is 4.13. The van der Waals surface area contributed by atoms with Crippen molar-refractivity contribution in [3.05, 3.63) is 93.4 Å². The Morgan fingerprint density at radius 3 is 2.57 bits per heavy atom. The van der Waals surface area contributed by atoms with Crippen LogP contribution in [-0.2, 0) is 12.6 Å². The molecule has 1 aliphatic rings. The Morgan fingerprint density at radius 2 is 1.92 bits per heavy atom. The first-order valence-electron chi connectivity index (χ1n) is 11.9. The summed E-state index contributed by atoms with van der Waals surface area (Å²) < 4.78 is 44.0. The van der Waals surface area contributed by atoms with E-state index in [0.29, 0.717) is 16.6 Å². The zero-order valence-electron chi connectivity index (χ0n) is 20.3. The molecular weight excluding hydrogens is 519 g/mol. The highest BCUT2D eigenvalue weighted by molar-refractivity contribution is 8.03. The number of thioether (sulfide) groups is 1. The number of amidine groups is 1. The number of alkyl halides is 3. The van der Waals surface area contributed by atoms with E-state index in [-0.39, 0.29) is 5.02 Å². The van der Waals surface area contributed by atoms with Crippen molar-refractivity contribution in [2.24, 2.45) is 9.98 Å². The monoisotopic (exact) mass is 545 g/mol. The molecule has 1 unspecified atom stereocenters. The summed E-state index contributed by atoms with van der Waals surface area (Å²) >= 11 is 7.61. The van der Waals surface area contributed by atoms with Crippen molar-refractivity contribution in [1.82, 2.24) is 5.32 Å². The van der Waals surface area contributed by atoms with Crippen LogP contribution in [0, 0.1) is 0 Å². The molecule has 9 heteroatoms. The molecule has 1 atom stereocenters. The molecular formula is C28H27ClF3N3OS. The van der Waals surface area contributed by atoms with E-state index in [9.17, 15) is 13.2 Å². The lowest BCUT2D eigenvalue weighted by Gasteiger charge is -2.11. The first-order valence-corrected chi connectivity index (χ1v) is 13.1. The summed E-state index contributed by atoms with van der Waals surface area (Å²) in [6, 6.07) is 13.5. The molecule has 2 aromatic carbocycles. The summed E-state index contributed by atoms with van der Waals surface area (Å²) in [5.74, 6) is 0.560. The summed E-state index contributed by atoms with van der Waals surface area (Å²) in [5, 5.41) is 4.68. The van der Waals surface area contributed by atoms with Gasteiger partial charge < -0.3 is 9.73 Å². The van der Waals surface area contributed by atoms with Gasteiger partial charge >= 0.3 is 6.18 Å². The molecule has 1 aromatic heterocycles. The van der Waals surface area contributed by atoms with Crippen molar-refractivity contribution in [2.45, 2.75) is 37.6 Å². The van der Waals surface area contributed by atoms with E-state index in [1.54, 1.807) is 24.3 Å². The number of nitrogens with one attached hydrogen (secondary N) is 1. The third-order valence-electron chi connectivity index (χ3n) is 6.00. The number of hydrogen-bond acceptors (Lipinski definition) is 4. The van der Waals surface area contributed by atoms with Crippen LogP contribution in [0.2, 0.25) is 5.02 Å². The van der Waals surface area contributed by atoms with Crippen LogP contribution in [0.4, 0.5) is 13.2 Å². The van der Waals surface area contributed by atoms with E-state index < -0.39 is 11.7 Å². The molecule has 1 N–H and O–H groups in total. The third-order valence-corrected chi connectivity index (χ3v) is 7.49. The van der Waals surface area contributed by atoms with Gasteiger partial charge in [-0.3, -0.25) is 0 Å². The lowest BCUT2D eigenvalue weighted by atomic mass is 10.0. The van der Waals surface area contributed by atoms with Crippen LogP contribution in [0.5, 0.6) is 0 Å². The first kappa shape index (κ1) is 27.2. The van der Waals surface area contributed by atoms with Crippen molar-refractivity contribution in [3.63, 3.8) is 0 Å². The second-order valence-corrected chi connectivity index (χ2v) is 10.7. The van der Waals surface area contributed by atoms with Gasteiger partial charge in [-0.2, -0.15) is 13.2 Å². The van der Waals surface area contributed by atoms with Crippen LogP contribution < -0.4 is 5.32 Å². The van der Waals surface area contributed by atoms with Gasteiger partial charge in [0.2, 0.25) is 0 Å². The average Bonchev–Trinajstić information content (AvgIpc) is 3.51. The van der Waals surface area contributed by atoms with Gasteiger partial charge in [0.1, 0.15) is 6.26 Å². The summed E-state index contributed by atoms with van der Waals surface area (Å²) in [7, 11) is 0. The van der Waals surface area contributed by atoms with Crippen LogP contribution in [0.3, 0.4) is 0 Å². The molecule has 0 amide bonds. The Labute approximate surface area is 223 Å². The molecule has 1 aliphatic heterocycles. The van der Waals surface area contributed by atoms with Crippen molar-refractivity contribution < 1.29 is 17.6 Å². The second kappa shape index (κ2) is 12.2. The fraction of sp³-hybridized carbons (Fsp3) is 0.286. The van der Waals surface area contributed by atoms with Crippen LogP contribution in [0.1, 0.15) is 36.5 Å². The topological polar surface area (TPSA) is 49.9 Å². The van der Waals surface area contributed by atoms with E-state index in [0.717, 1.165) is 54.6 Å². The molecule has 2 heterocycles. The van der Waals surface area contributed by atoms with E-state index in [1.807, 2.05) is 30.3 Å². The highest BCUT2D eigenvalue weighted by Gasteiger charge is 2.33. The molecule has 4 nitrogen and oxygen atoms in total. The van der Waals surface area contributed by atoms with Gasteiger partial charge in [-0.25, -0.2) is 9.98 Å². The Hall–Kier alpha value is -2.81. The number of aliphatic imine (C=N–C) groups is 2. The molecule has 0 spiro atoms. The summed E-state index contributed by atoms with van der Waals surface area (Å²) in [6.07, 6.45) is 1.56. The molecule has 194 valence electrons. The van der Waals surface area contributed by atoms with Crippen molar-refractivity contribution in [1.29, 1.82) is 0 Å². The van der Waals surface area contributed by atoms with Crippen LogP contribution in [0.15, 0.2) is 86.1 Å². The van der Waals surface area contributed by atoms with Gasteiger partial charge in [-0.15, -0.1) is 11.8 Å². The number of aryl methyl sites for hydroxylation is 1. The Balaban J connectivity index is 1.29. The molecule has 3 aromatic rings. The molecule has 0 saturated carbocycles. The molecule has 0 fully saturated rings. The Kier molecular flexibility index (Phi) is 8.95. The van der Waals surface area contributed by atoms with Gasteiger partial charge in [0.15, 0.2) is 5.84 Å². The number of hydrogen-bond donors (Lipinski definition) is 1. The van der Waals surface area contributed by atoms with Crippen molar-refractivity contribution in [2.75, 3.05) is 13.1 Å². The molecule has 0 aliphatic carbocycles. The van der Waals surface area contributed by atoms with Crippen LogP contribution in [0.25, 0.3) is 11.1 Å². The first-order chi connectivity index (χ1) is 17.7. The maximum atomic E-state index is 12.9. The van der Waals surface area contributed by atoms with Crippen LogP contribution in [-0.4, -0.2) is 30.9 Å². The third kappa shape index (κ3) is 7.15. The minimum atomic E-state index is -4.46. The lowest BCUT2D eigenvalue weighted by molar-refractivity contribution is -0.137. The smallest absolute Gasteiger partial charge is 0.417 e. The van der Waals surface area contributed by atoms with Gasteiger partial charge in [-0.1, -0.05) is 48.9 Å². The highest BCUT2D eigenvalue weighted by atomic mass is 35.5. The fourth-order valence-corrected chi connectivity index (χ4v) is 5.54. The van der Waals surface area contributed by atoms with E-state index in [1.165, 1.54) is 23.3 Å². The van der Waals surface area contributed by atoms with Crippen molar-refractivity contribution >= 4 is 35.9 Å². The normalized spacial score (nSPS) is 16.5. The maximum Gasteiger partial charge on any atom is 0.417 e. The minimum absolute atomic E-state index is 0.294. The van der Waals surface area contributed by atoms with Gasteiger partial charge in [0, 0.05) is 11.8 Å². The van der Waals surface area contributed by atoms with Crippen molar-refractivity contribution in [3.8, 4) is 11.1 Å². The van der Waals surface area contributed by atoms with Gasteiger partial charge in [0.25, 0.3) is 0 Å². The highest BCUT2D eigenvalue weighted by Crippen LogP contribution is 2.39. The predicted octanol–water partition coefficient (Wildman–Crippen LogP) is 8.03. The van der Waals surface area contributed by atoms with Crippen LogP contribution >= 0.6 is 23.4 Å². The zero-order chi connectivity index (χ0) is 26.4. The molecule has 4 rings (SSSR count). The molecule has 0 saturated heterocycles. The van der Waals surface area contributed by atoms with Gasteiger partial charge in [-0.05, 0) is 73.0 Å². The summed E-state index contributed by atoms with van der Waals surface area (Å²) in [5.41, 5.74) is 3.90. The van der Waals surface area contributed by atoms with E-state index >= 15 is 0 Å². The maximum absolute atomic E-state index is 12.9. The minimum Gasteiger partial charge on any atom is -0.472 e. The molecule has 0 bridgehead atoms. The number of halogens is 4. The van der Waals surface area contributed by atoms with Gasteiger partial charge in [0.05, 0.1) is 27.4 Å². The SMILES string of the molecule is C=N/C(=N\C1=C(CNCCCc2ccc(-c3ccc(C(F)(F)F)c(Cl)c3)cc2)CC(C)S1)c1ccoc1.